The summed E-state index contributed by atoms with van der Waals surface area (Å²) < 4.78 is 45.6. The average molecular weight is 1460 g/mol. The molecular weight excluding hydrogens is 1360 g/mol. The van der Waals surface area contributed by atoms with Gasteiger partial charge in [-0.05, 0) is 146 Å². The fourth-order valence-corrected chi connectivity index (χ4v) is 16.3. The number of aromatic amines is 1. The van der Waals surface area contributed by atoms with Crippen molar-refractivity contribution in [3.8, 4) is 34.2 Å². The summed E-state index contributed by atoms with van der Waals surface area (Å²) in [6.45, 7) is 34.5. The van der Waals surface area contributed by atoms with E-state index in [1.54, 1.807) is 38.6 Å². The van der Waals surface area contributed by atoms with Gasteiger partial charge < -0.3 is 39.2 Å². The minimum absolute atomic E-state index is 0.000593. The van der Waals surface area contributed by atoms with Crippen molar-refractivity contribution in [1.82, 2.24) is 73.2 Å². The van der Waals surface area contributed by atoms with Crippen LogP contribution >= 0.6 is 0 Å². The van der Waals surface area contributed by atoms with Gasteiger partial charge in [-0.2, -0.15) is 4.98 Å². The van der Waals surface area contributed by atoms with Crippen LogP contribution in [0.5, 0.6) is 5.88 Å². The monoisotopic (exact) mass is 1460 g/mol. The summed E-state index contributed by atoms with van der Waals surface area (Å²) in [5.41, 5.74) is 10.3. The van der Waals surface area contributed by atoms with Crippen LogP contribution in [-0.4, -0.2) is 180 Å². The number of hydrogen-bond donors (Lipinski definition) is 3. The van der Waals surface area contributed by atoms with Gasteiger partial charge in [-0.1, -0.05) is 52.8 Å². The van der Waals surface area contributed by atoms with Gasteiger partial charge in [-0.25, -0.2) is 48.3 Å². The van der Waals surface area contributed by atoms with Crippen LogP contribution in [0.4, 0.5) is 23.1 Å². The predicted octanol–water partition coefficient (Wildman–Crippen LogP) is 12.8. The summed E-state index contributed by atoms with van der Waals surface area (Å²) in [6, 6.07) is 31.6. The van der Waals surface area contributed by atoms with Crippen LogP contribution in [0.1, 0.15) is 119 Å². The summed E-state index contributed by atoms with van der Waals surface area (Å²) >= 11 is 0. The Morgan fingerprint density at radius 2 is 1.58 bits per heavy atom. The van der Waals surface area contributed by atoms with Gasteiger partial charge in [-0.15, -0.1) is 6.58 Å². The Morgan fingerprint density at radius 3 is 2.26 bits per heavy atom. The van der Waals surface area contributed by atoms with Crippen molar-refractivity contribution in [2.24, 2.45) is 7.05 Å². The third-order valence-corrected chi connectivity index (χ3v) is 24.2. The van der Waals surface area contributed by atoms with E-state index in [1.165, 1.54) is 5.69 Å². The Morgan fingerprint density at radius 1 is 0.811 bits per heavy atom. The summed E-state index contributed by atoms with van der Waals surface area (Å²) in [5, 5.41) is 5.42. The Hall–Kier alpha value is -9.73. The maximum Gasteiger partial charge on any atom is 0.329 e. The SMILES string of the molecule is C=CCn1c(=O)c2cnc(Nc3ccc(N4CCN(C(C)C)CC4)cc3)nc2n1-c1cccc(C(C)(C)C)n1.CC(C)N(C)CCCOc1ccc(-c2ccc3ncc4c(c3c2)n(C2CCOCC2)c(=O)n4C)cn1.CC(C)S(=N)(=O)C1(c2cc(N3CCOC[C@H]3C)nc(-c3ccnc4[nH]ccc34)n2)CC1. The Labute approximate surface area is 620 Å². The van der Waals surface area contributed by atoms with E-state index in [0.29, 0.717) is 86.2 Å². The van der Waals surface area contributed by atoms with Gasteiger partial charge in [0.25, 0.3) is 5.56 Å². The molecule has 12 heterocycles. The van der Waals surface area contributed by atoms with Crippen molar-refractivity contribution in [2.45, 2.75) is 147 Å². The van der Waals surface area contributed by atoms with Crippen LogP contribution in [0.3, 0.4) is 0 Å². The molecule has 0 spiro atoms. The zero-order chi connectivity index (χ0) is 74.8. The normalized spacial score (nSPS) is 17.1. The Balaban J connectivity index is 0.000000142. The van der Waals surface area contributed by atoms with Crippen molar-refractivity contribution in [3.63, 3.8) is 0 Å². The molecule has 3 N–H and O–H groups in total. The molecule has 0 radical (unpaired) electrons. The molecule has 558 valence electrons. The molecule has 3 saturated heterocycles. The van der Waals surface area contributed by atoms with Gasteiger partial charge in [0.05, 0.1) is 75.3 Å². The van der Waals surface area contributed by atoms with Crippen molar-refractivity contribution >= 4 is 76.9 Å². The highest BCUT2D eigenvalue weighted by Crippen LogP contribution is 2.55. The third-order valence-electron chi connectivity index (χ3n) is 21.0. The maximum atomic E-state index is 13.5. The molecule has 1 aliphatic carbocycles. The number of ether oxygens (including phenoxy) is 3. The molecule has 26 heteroatoms. The molecule has 0 amide bonds. The number of nitrogens with zero attached hydrogens (tertiary/aromatic N) is 16. The molecule has 25 nitrogen and oxygen atoms in total. The number of anilines is 4. The van der Waals surface area contributed by atoms with Gasteiger partial charge >= 0.3 is 5.69 Å². The zero-order valence-electron chi connectivity index (χ0n) is 63.3. The highest BCUT2D eigenvalue weighted by atomic mass is 32.2. The summed E-state index contributed by atoms with van der Waals surface area (Å²) in [6.07, 6.45) is 14.6. The minimum atomic E-state index is -2.86. The predicted molar refractivity (Wildman–Crippen MR) is 423 cm³/mol. The van der Waals surface area contributed by atoms with Crippen molar-refractivity contribution in [3.05, 3.63) is 167 Å². The van der Waals surface area contributed by atoms with Gasteiger partial charge in [0.15, 0.2) is 17.3 Å². The van der Waals surface area contributed by atoms with Gasteiger partial charge in [-0.3, -0.25) is 28.6 Å². The van der Waals surface area contributed by atoms with Crippen LogP contribution in [0, 0.1) is 4.78 Å². The van der Waals surface area contributed by atoms with E-state index < -0.39 is 14.5 Å². The summed E-state index contributed by atoms with van der Waals surface area (Å²) in [5.74, 6) is 3.07. The lowest BCUT2D eigenvalue weighted by atomic mass is 9.92. The lowest BCUT2D eigenvalue weighted by Gasteiger charge is -2.38. The quantitative estimate of drug-likeness (QED) is 0.0473. The first-order chi connectivity index (χ1) is 50.9. The molecule has 3 aliphatic heterocycles. The van der Waals surface area contributed by atoms with Crippen LogP contribution in [0.2, 0.25) is 0 Å². The molecule has 4 aliphatic rings. The molecule has 2 atom stereocenters. The van der Waals surface area contributed by atoms with Crippen LogP contribution in [0.15, 0.2) is 144 Å². The average Bonchev–Trinajstić information content (AvgIpc) is 1.56. The Kier molecular flexibility index (Phi) is 22.1. The van der Waals surface area contributed by atoms with E-state index in [2.05, 4.69) is 143 Å². The fraction of sp³-hybridized carbons (Fsp3) is 0.450. The lowest BCUT2D eigenvalue weighted by Crippen LogP contribution is -2.48. The highest BCUT2D eigenvalue weighted by Gasteiger charge is 2.56. The first-order valence-electron chi connectivity index (χ1n) is 37.2. The molecule has 9 aromatic heterocycles. The number of benzene rings is 2. The molecule has 1 unspecified atom stereocenters. The Bertz CT molecular complexity index is 5170. The van der Waals surface area contributed by atoms with Gasteiger partial charge in [0, 0.05) is 164 Å². The maximum absolute atomic E-state index is 13.5. The van der Waals surface area contributed by atoms with E-state index in [9.17, 15) is 13.8 Å². The number of nitrogens with one attached hydrogen (secondary N) is 3. The first kappa shape index (κ1) is 74.5. The van der Waals surface area contributed by atoms with E-state index in [-0.39, 0.29) is 34.0 Å². The van der Waals surface area contributed by atoms with E-state index in [1.807, 2.05) is 105 Å². The van der Waals surface area contributed by atoms with Crippen molar-refractivity contribution in [1.29, 1.82) is 4.78 Å². The van der Waals surface area contributed by atoms with E-state index in [0.717, 1.165) is 144 Å². The molecule has 11 aromatic rings. The highest BCUT2D eigenvalue weighted by molar-refractivity contribution is 7.94. The van der Waals surface area contributed by atoms with E-state index in [4.69, 9.17) is 38.9 Å². The lowest BCUT2D eigenvalue weighted by molar-refractivity contribution is 0.0697. The second-order valence-corrected chi connectivity index (χ2v) is 33.0. The molecule has 106 heavy (non-hydrogen) atoms. The molecule has 4 fully saturated rings. The van der Waals surface area contributed by atoms with Gasteiger partial charge in [0.1, 0.15) is 16.9 Å². The van der Waals surface area contributed by atoms with Crippen LogP contribution < -0.4 is 31.1 Å². The molecule has 0 bridgehead atoms. The van der Waals surface area contributed by atoms with Crippen molar-refractivity contribution in [2.75, 3.05) is 94.5 Å². The number of fused-ring (bicyclic) bond motifs is 5. The zero-order valence-corrected chi connectivity index (χ0v) is 64.1. The number of imidazole rings is 1. The number of pyridine rings is 4. The van der Waals surface area contributed by atoms with E-state index >= 15 is 0 Å². The second-order valence-electron chi connectivity index (χ2n) is 30.1. The number of rotatable bonds is 20. The second kappa shape index (κ2) is 31.4. The number of hydrogen-bond acceptors (Lipinski definition) is 20. The van der Waals surface area contributed by atoms with Crippen molar-refractivity contribution < 1.29 is 18.4 Å². The summed E-state index contributed by atoms with van der Waals surface area (Å²) in [4.78, 5) is 76.6. The minimum Gasteiger partial charge on any atom is -0.478 e. The smallest absolute Gasteiger partial charge is 0.329 e. The number of aromatic nitrogens is 13. The fourth-order valence-electron chi connectivity index (χ4n) is 14.3. The third kappa shape index (κ3) is 15.5. The summed E-state index contributed by atoms with van der Waals surface area (Å²) in [7, 11) is 1.09. The number of allylic oxidation sites excluding steroid dienone is 1. The molecule has 1 saturated carbocycles. The standard InChI is InChI=1S/C30H38N8O.C28H35N5O3.C22H28N6O2S/c1-7-15-37-28(39)24-20-31-29(34-27(24)38(37)26-10-8-9-25(33-26)30(4,5)6)32-22-11-13-23(14-12-22)36-18-16-35(17-19-36)21(2)3;1-19(2)31(3)12-5-13-36-26-9-7-21(17-30-26)20-6-8-24-23(16-20)27-25(18-29-24)32(4)28(34)33(27)22-10-14-35-15-11-22;1-14(2)31(23,29)22(6-7-22)18-12-19(28-10-11-30-13-15(28)3)27-21(26-18)17-5-9-25-20-16(17)4-8-24-20/h7-14,20-21H,1,15-19H2,2-6H3,(H,31,32,34);6-9,16-19,22H,5,10-15H2,1-4H3;4-5,8-9,12,14-15,23H,6-7,10-11,13H2,1-3H3,(H,24,25)/t;;15-,31?/m..1/s1. The number of H-pyrrole nitrogens is 1. The number of morpholine rings is 1. The number of piperazine rings is 1. The number of aryl methyl sites for hydroxylation is 1. The largest absolute Gasteiger partial charge is 0.478 e. The first-order valence-corrected chi connectivity index (χ1v) is 38.8. The van der Waals surface area contributed by atoms with Crippen LogP contribution in [0.25, 0.3) is 72.3 Å². The molecular formula is C80H101N19O6S. The van der Waals surface area contributed by atoms with Crippen LogP contribution in [-0.2, 0) is 43.0 Å². The van der Waals surface area contributed by atoms with Gasteiger partial charge in [0.2, 0.25) is 11.8 Å². The molecule has 2 aromatic carbocycles. The topological polar surface area (TPSA) is 266 Å². The molecule has 15 rings (SSSR count).